The number of hydrogen-bond acceptors (Lipinski definition) is 3. The Morgan fingerprint density at radius 1 is 1.39 bits per heavy atom. The average Bonchev–Trinajstić information content (AvgIpc) is 3.22. The van der Waals surface area contributed by atoms with Crippen molar-refractivity contribution in [2.75, 3.05) is 26.4 Å². The van der Waals surface area contributed by atoms with E-state index in [1.165, 1.54) is 0 Å². The molecule has 0 radical (unpaired) electrons. The first-order valence-corrected chi connectivity index (χ1v) is 9.29. The Morgan fingerprint density at radius 2 is 2.13 bits per heavy atom. The minimum atomic E-state index is -0.324. The predicted molar refractivity (Wildman–Crippen MR) is 93.6 cm³/mol. The third kappa shape index (κ3) is 3.88. The molecule has 0 spiro atoms. The lowest BCUT2D eigenvalue weighted by molar-refractivity contribution is 0.0641. The zero-order valence-corrected chi connectivity index (χ0v) is 15.0. The van der Waals surface area contributed by atoms with E-state index in [1.807, 2.05) is 0 Å². The Hall–Kier alpha value is -0.250. The highest BCUT2D eigenvalue weighted by molar-refractivity contribution is 7.18. The molecule has 2 fully saturated rings. The fourth-order valence-corrected chi connectivity index (χ4v) is 4.69. The minimum Gasteiger partial charge on any atom is -0.395 e. The molecule has 4 unspecified atom stereocenters. The second kappa shape index (κ2) is 7.76. The van der Waals surface area contributed by atoms with Gasteiger partial charge in [-0.3, -0.25) is 0 Å². The van der Waals surface area contributed by atoms with E-state index in [0.717, 1.165) is 32.6 Å². The van der Waals surface area contributed by atoms with E-state index in [9.17, 15) is 9.50 Å². The number of hydrogen-bond donors (Lipinski definition) is 2. The molecule has 1 aliphatic heterocycles. The highest BCUT2D eigenvalue weighted by Crippen LogP contribution is 2.55. The first kappa shape index (κ1) is 17.6. The van der Waals surface area contributed by atoms with E-state index in [2.05, 4.69) is 14.6 Å². The van der Waals surface area contributed by atoms with Gasteiger partial charge in [0.05, 0.1) is 11.6 Å². The second-order valence-electron chi connectivity index (χ2n) is 6.58. The van der Waals surface area contributed by atoms with Gasteiger partial charge in [-0.15, -0.1) is 9.24 Å². The summed E-state index contributed by atoms with van der Waals surface area (Å²) in [6.45, 7) is 2.59. The first-order valence-electron chi connectivity index (χ1n) is 8.25. The van der Waals surface area contributed by atoms with Crippen LogP contribution in [0, 0.1) is 17.7 Å². The quantitative estimate of drug-likeness (QED) is 0.767. The van der Waals surface area contributed by atoms with Gasteiger partial charge in [0.2, 0.25) is 0 Å². The van der Waals surface area contributed by atoms with Gasteiger partial charge in [0.15, 0.2) is 0 Å². The summed E-state index contributed by atoms with van der Waals surface area (Å²) in [5, 5.41) is 13.4. The summed E-state index contributed by atoms with van der Waals surface area (Å²) in [6, 6.07) is 5.15. The number of rotatable bonds is 6. The summed E-state index contributed by atoms with van der Waals surface area (Å²) in [6.07, 6.45) is 2.12. The molecule has 5 atom stereocenters. The van der Waals surface area contributed by atoms with Crippen molar-refractivity contribution < 1.29 is 14.2 Å². The molecule has 2 N–H and O–H groups in total. The number of nitrogens with one attached hydrogen (secondary N) is 1. The van der Waals surface area contributed by atoms with Gasteiger partial charge in [-0.2, -0.15) is 0 Å². The van der Waals surface area contributed by atoms with Gasteiger partial charge >= 0.3 is 0 Å². The number of aliphatic hydroxyl groups excluding tert-OH is 1. The van der Waals surface area contributed by atoms with E-state index >= 15 is 0 Å². The molecule has 1 aromatic rings. The average molecular weight is 360 g/mol. The van der Waals surface area contributed by atoms with Crippen molar-refractivity contribution in [3.8, 4) is 0 Å². The fraction of sp³-hybridized carbons (Fsp3) is 0.647. The van der Waals surface area contributed by atoms with Crippen molar-refractivity contribution in [2.45, 2.75) is 30.5 Å². The summed E-state index contributed by atoms with van der Waals surface area (Å²) in [5.41, 5.74) is 0.927. The summed E-state index contributed by atoms with van der Waals surface area (Å²) >= 11 is 5.90. The minimum absolute atomic E-state index is 0.0104. The van der Waals surface area contributed by atoms with Gasteiger partial charge in [-0.25, -0.2) is 4.39 Å². The van der Waals surface area contributed by atoms with E-state index in [4.69, 9.17) is 16.3 Å². The van der Waals surface area contributed by atoms with Gasteiger partial charge in [-0.05, 0) is 54.4 Å². The van der Waals surface area contributed by atoms with Crippen molar-refractivity contribution in [2.24, 2.45) is 11.8 Å². The number of benzene rings is 1. The van der Waals surface area contributed by atoms with Crippen LogP contribution in [0.3, 0.4) is 0 Å². The van der Waals surface area contributed by atoms with Gasteiger partial charge in [0, 0.05) is 19.3 Å². The molecule has 1 saturated carbocycles. The number of ether oxygens (including phenoxy) is 1. The Balaban J connectivity index is 1.62. The third-order valence-electron chi connectivity index (χ3n) is 5.14. The Labute approximate surface area is 144 Å². The van der Waals surface area contributed by atoms with Crippen LogP contribution in [0.15, 0.2) is 18.2 Å². The van der Waals surface area contributed by atoms with Crippen LogP contribution in [0.25, 0.3) is 0 Å². The van der Waals surface area contributed by atoms with E-state index < -0.39 is 0 Å². The molecule has 23 heavy (non-hydrogen) atoms. The standard InChI is InChI=1S/C17H24ClFNO2P/c18-12-3-1-2-11(16(12)19)14-15(17(14)23)13(9-21)20-8-10-4-6-22-7-5-10/h1-3,10,13-15,17,20-21H,4-9,23H2/t13-,14?,15?,17?/m0/s1. The van der Waals surface area contributed by atoms with Gasteiger partial charge in [0.25, 0.3) is 0 Å². The fourth-order valence-electron chi connectivity index (χ4n) is 3.66. The molecular formula is C17H24ClFNO2P. The van der Waals surface area contributed by atoms with E-state index in [1.54, 1.807) is 18.2 Å². The Bertz CT molecular complexity index is 541. The van der Waals surface area contributed by atoms with Crippen molar-refractivity contribution >= 4 is 20.8 Å². The molecule has 6 heteroatoms. The van der Waals surface area contributed by atoms with Gasteiger partial charge in [0.1, 0.15) is 5.82 Å². The molecule has 1 aliphatic carbocycles. The van der Waals surface area contributed by atoms with E-state index in [0.29, 0.717) is 11.5 Å². The topological polar surface area (TPSA) is 41.5 Å². The normalized spacial score (nSPS) is 29.5. The van der Waals surface area contributed by atoms with Crippen LogP contribution in [0.5, 0.6) is 0 Å². The number of aliphatic hydroxyl groups is 1. The summed E-state index contributed by atoms with van der Waals surface area (Å²) in [4.78, 5) is 0. The molecule has 1 aromatic carbocycles. The second-order valence-corrected chi connectivity index (χ2v) is 7.75. The molecular weight excluding hydrogens is 336 g/mol. The van der Waals surface area contributed by atoms with Gasteiger partial charge in [-0.1, -0.05) is 23.7 Å². The summed E-state index contributed by atoms with van der Waals surface area (Å²) in [5.74, 6) is 0.590. The van der Waals surface area contributed by atoms with Crippen molar-refractivity contribution in [3.05, 3.63) is 34.6 Å². The summed E-state index contributed by atoms with van der Waals surface area (Å²) in [7, 11) is 2.79. The van der Waals surface area contributed by atoms with Crippen molar-refractivity contribution in [1.29, 1.82) is 0 Å². The Kier molecular flexibility index (Phi) is 5.92. The molecule has 1 heterocycles. The zero-order valence-electron chi connectivity index (χ0n) is 13.1. The van der Waals surface area contributed by atoms with Crippen LogP contribution < -0.4 is 5.32 Å². The van der Waals surface area contributed by atoms with Crippen LogP contribution >= 0.6 is 20.8 Å². The highest BCUT2D eigenvalue weighted by atomic mass is 35.5. The zero-order chi connectivity index (χ0) is 16.4. The van der Waals surface area contributed by atoms with Crippen LogP contribution in [0.1, 0.15) is 24.3 Å². The maximum Gasteiger partial charge on any atom is 0.145 e. The van der Waals surface area contributed by atoms with Crippen LogP contribution in [0.2, 0.25) is 5.02 Å². The van der Waals surface area contributed by atoms with Crippen molar-refractivity contribution in [1.82, 2.24) is 5.32 Å². The molecule has 0 amide bonds. The Morgan fingerprint density at radius 3 is 2.83 bits per heavy atom. The SMILES string of the molecule is OC[C@H](NCC1CCOCC1)C1C(P)C1c1cccc(Cl)c1F. The van der Waals surface area contributed by atoms with Crippen LogP contribution in [-0.4, -0.2) is 43.2 Å². The third-order valence-corrected chi connectivity index (χ3v) is 6.30. The molecule has 0 bridgehead atoms. The molecule has 0 aromatic heterocycles. The smallest absolute Gasteiger partial charge is 0.145 e. The van der Waals surface area contributed by atoms with E-state index in [-0.39, 0.29) is 41.0 Å². The first-order chi connectivity index (χ1) is 11.1. The monoisotopic (exact) mass is 359 g/mol. The molecule has 2 aliphatic rings. The van der Waals surface area contributed by atoms with Crippen LogP contribution in [-0.2, 0) is 4.74 Å². The molecule has 3 rings (SSSR count). The lowest BCUT2D eigenvalue weighted by Crippen LogP contribution is -2.39. The van der Waals surface area contributed by atoms with Crippen molar-refractivity contribution in [3.63, 3.8) is 0 Å². The molecule has 1 saturated heterocycles. The van der Waals surface area contributed by atoms with Gasteiger partial charge < -0.3 is 15.2 Å². The maximum atomic E-state index is 14.2. The van der Waals surface area contributed by atoms with Crippen LogP contribution in [0.4, 0.5) is 4.39 Å². The molecule has 3 nitrogen and oxygen atoms in total. The maximum absolute atomic E-state index is 14.2. The highest BCUT2D eigenvalue weighted by Gasteiger charge is 2.52. The summed E-state index contributed by atoms with van der Waals surface area (Å²) < 4.78 is 19.6. The lowest BCUT2D eigenvalue weighted by Gasteiger charge is -2.25. The lowest BCUT2D eigenvalue weighted by atomic mass is 9.99. The number of halogens is 2. The molecule has 128 valence electrons. The largest absolute Gasteiger partial charge is 0.395 e. The predicted octanol–water partition coefficient (Wildman–Crippen LogP) is 2.81.